The molecule has 0 amide bonds. The molecular weight excluding hydrogens is 387 g/mol. The molecule has 29 heavy (non-hydrogen) atoms. The van der Waals surface area contributed by atoms with Crippen LogP contribution in [0.25, 0.3) is 5.69 Å². The van der Waals surface area contributed by atoms with Crippen LogP contribution in [0.5, 0.6) is 0 Å². The maximum Gasteiger partial charge on any atom is 0.416 e. The summed E-state index contributed by atoms with van der Waals surface area (Å²) < 4.78 is 50.7. The van der Waals surface area contributed by atoms with Crippen LogP contribution in [0.15, 0.2) is 47.1 Å². The number of aromatic nitrogens is 1. The van der Waals surface area contributed by atoms with Crippen molar-refractivity contribution in [2.24, 2.45) is 0 Å². The maximum atomic E-state index is 13.0. The molecule has 3 aromatic rings. The average Bonchev–Trinajstić information content (AvgIpc) is 3.21. The number of alkyl halides is 3. The summed E-state index contributed by atoms with van der Waals surface area (Å²) in [6.07, 6.45) is -3.13. The van der Waals surface area contributed by atoms with Crippen LogP contribution in [0.2, 0.25) is 0 Å². The number of hydrogen-bond donors (Lipinski definition) is 0. The van der Waals surface area contributed by atoms with E-state index < -0.39 is 30.1 Å². The number of esters is 1. The Morgan fingerprint density at radius 3 is 2.41 bits per heavy atom. The first kappa shape index (κ1) is 20.4. The largest absolute Gasteiger partial charge is 0.469 e. The molecule has 2 aromatic heterocycles. The van der Waals surface area contributed by atoms with Crippen LogP contribution < -0.4 is 0 Å². The number of nitrogens with zero attached hydrogens (tertiary/aromatic N) is 1. The molecule has 0 bridgehead atoms. The first-order valence-corrected chi connectivity index (χ1v) is 8.70. The van der Waals surface area contributed by atoms with Crippen molar-refractivity contribution in [1.82, 2.24) is 4.57 Å². The highest BCUT2D eigenvalue weighted by Crippen LogP contribution is 2.31. The minimum atomic E-state index is -4.47. The van der Waals surface area contributed by atoms with E-state index in [4.69, 9.17) is 9.15 Å². The number of carbonyl (C=O) groups excluding carboxylic acids is 2. The van der Waals surface area contributed by atoms with E-state index in [9.17, 15) is 22.8 Å². The lowest BCUT2D eigenvalue weighted by Gasteiger charge is -2.13. The third-order valence-corrected chi connectivity index (χ3v) is 4.58. The molecule has 0 saturated heterocycles. The quantitative estimate of drug-likeness (QED) is 0.440. The van der Waals surface area contributed by atoms with Crippen molar-refractivity contribution in [3.8, 4) is 5.69 Å². The summed E-state index contributed by atoms with van der Waals surface area (Å²) in [4.78, 5) is 24.6. The summed E-state index contributed by atoms with van der Waals surface area (Å²) in [7, 11) is 0. The molecule has 0 N–H and O–H groups in total. The van der Waals surface area contributed by atoms with Gasteiger partial charge < -0.3 is 13.7 Å². The minimum Gasteiger partial charge on any atom is -0.469 e. The Bertz CT molecular complexity index is 1080. The molecule has 0 saturated carbocycles. The third-order valence-electron chi connectivity index (χ3n) is 4.58. The third kappa shape index (κ3) is 4.11. The van der Waals surface area contributed by atoms with Gasteiger partial charge in [-0.2, -0.15) is 13.2 Å². The standard InChI is InChI=1S/C21H18F3NO4/c1-12-9-18(19(26)11-29-20(27)17-7-8-28-14(17)3)13(2)25(12)16-6-4-5-15(10-16)21(22,23)24/h4-10H,11H2,1-3H3. The topological polar surface area (TPSA) is 61.4 Å². The lowest BCUT2D eigenvalue weighted by Crippen LogP contribution is -2.15. The molecule has 0 aliphatic carbocycles. The van der Waals surface area contributed by atoms with Crippen molar-refractivity contribution < 1.29 is 31.9 Å². The summed E-state index contributed by atoms with van der Waals surface area (Å²) in [6.45, 7) is 4.42. The molecule has 152 valence electrons. The van der Waals surface area contributed by atoms with Crippen LogP contribution in [0.1, 0.15) is 43.4 Å². The van der Waals surface area contributed by atoms with Gasteiger partial charge in [-0.15, -0.1) is 0 Å². The van der Waals surface area contributed by atoms with E-state index in [-0.39, 0.29) is 11.1 Å². The molecule has 0 aliphatic heterocycles. The average molecular weight is 405 g/mol. The molecule has 5 nitrogen and oxygen atoms in total. The van der Waals surface area contributed by atoms with Crippen molar-refractivity contribution in [1.29, 1.82) is 0 Å². The molecule has 0 unspecified atom stereocenters. The Morgan fingerprint density at radius 2 is 1.79 bits per heavy atom. The fourth-order valence-corrected chi connectivity index (χ4v) is 3.15. The van der Waals surface area contributed by atoms with Gasteiger partial charge in [-0.25, -0.2) is 4.79 Å². The van der Waals surface area contributed by atoms with Gasteiger partial charge in [0.25, 0.3) is 0 Å². The van der Waals surface area contributed by atoms with E-state index in [2.05, 4.69) is 0 Å². The van der Waals surface area contributed by atoms with Crippen LogP contribution in [0.3, 0.4) is 0 Å². The number of Topliss-reactive ketones (excluding diaryl/α,β-unsaturated/α-hetero) is 1. The second-order valence-electron chi connectivity index (χ2n) is 6.56. The summed E-state index contributed by atoms with van der Waals surface area (Å²) in [5, 5.41) is 0. The number of aryl methyl sites for hydroxylation is 2. The summed E-state index contributed by atoms with van der Waals surface area (Å²) in [5.74, 6) is -0.757. The molecule has 0 radical (unpaired) electrons. The smallest absolute Gasteiger partial charge is 0.416 e. The molecular formula is C21H18F3NO4. The number of hydrogen-bond acceptors (Lipinski definition) is 4. The summed E-state index contributed by atoms with van der Waals surface area (Å²) >= 11 is 0. The Kier molecular flexibility index (Phi) is 5.37. The predicted octanol–water partition coefficient (Wildman–Crippen LogP) is 5.05. The van der Waals surface area contributed by atoms with Crippen molar-refractivity contribution in [2.75, 3.05) is 6.61 Å². The molecule has 2 heterocycles. The van der Waals surface area contributed by atoms with Gasteiger partial charge in [0.15, 0.2) is 6.61 Å². The van der Waals surface area contributed by atoms with Crippen LogP contribution >= 0.6 is 0 Å². The number of benzene rings is 1. The summed E-state index contributed by atoms with van der Waals surface area (Å²) in [5.41, 5.74) is 1.06. The number of furan rings is 1. The Hall–Kier alpha value is -3.29. The van der Waals surface area contributed by atoms with Gasteiger partial charge in [0, 0.05) is 22.6 Å². The van der Waals surface area contributed by atoms with Gasteiger partial charge in [0.1, 0.15) is 11.3 Å². The van der Waals surface area contributed by atoms with Crippen molar-refractivity contribution in [3.05, 3.63) is 76.5 Å². The second kappa shape index (κ2) is 7.62. The monoisotopic (exact) mass is 405 g/mol. The molecule has 3 rings (SSSR count). The van der Waals surface area contributed by atoms with Gasteiger partial charge in [-0.05, 0) is 51.1 Å². The van der Waals surface area contributed by atoms with Crippen molar-refractivity contribution in [3.63, 3.8) is 0 Å². The fourth-order valence-electron chi connectivity index (χ4n) is 3.15. The summed E-state index contributed by atoms with van der Waals surface area (Å²) in [6, 6.07) is 7.87. The second-order valence-corrected chi connectivity index (χ2v) is 6.56. The van der Waals surface area contributed by atoms with Gasteiger partial charge in [0.05, 0.1) is 11.8 Å². The molecule has 0 aliphatic rings. The Morgan fingerprint density at radius 1 is 1.07 bits per heavy atom. The zero-order valence-electron chi connectivity index (χ0n) is 16.0. The highest BCUT2D eigenvalue weighted by Gasteiger charge is 2.31. The van der Waals surface area contributed by atoms with Crippen molar-refractivity contribution >= 4 is 11.8 Å². The van der Waals surface area contributed by atoms with Gasteiger partial charge >= 0.3 is 12.1 Å². The Balaban J connectivity index is 1.83. The van der Waals surface area contributed by atoms with E-state index in [0.29, 0.717) is 22.8 Å². The number of ether oxygens (including phenoxy) is 1. The maximum absolute atomic E-state index is 13.0. The molecule has 0 spiro atoms. The van der Waals surface area contributed by atoms with Gasteiger partial charge in [-0.3, -0.25) is 4.79 Å². The van der Waals surface area contributed by atoms with Crippen LogP contribution in [0, 0.1) is 20.8 Å². The first-order valence-electron chi connectivity index (χ1n) is 8.70. The lowest BCUT2D eigenvalue weighted by atomic mass is 10.1. The minimum absolute atomic E-state index is 0.229. The van der Waals surface area contributed by atoms with Crippen LogP contribution in [-0.2, 0) is 10.9 Å². The van der Waals surface area contributed by atoms with E-state index in [1.165, 1.54) is 24.5 Å². The van der Waals surface area contributed by atoms with Gasteiger partial charge in [0.2, 0.25) is 5.78 Å². The molecule has 8 heteroatoms. The predicted molar refractivity (Wildman–Crippen MR) is 98.3 cm³/mol. The van der Waals surface area contributed by atoms with E-state index >= 15 is 0 Å². The van der Waals surface area contributed by atoms with Crippen LogP contribution in [0.4, 0.5) is 13.2 Å². The fraction of sp³-hybridized carbons (Fsp3) is 0.238. The molecule has 1 aromatic carbocycles. The van der Waals surface area contributed by atoms with Crippen LogP contribution in [-0.4, -0.2) is 22.9 Å². The molecule has 0 fully saturated rings. The van der Waals surface area contributed by atoms with Crippen molar-refractivity contribution in [2.45, 2.75) is 26.9 Å². The molecule has 0 atom stereocenters. The zero-order chi connectivity index (χ0) is 21.3. The number of halogens is 3. The SMILES string of the molecule is Cc1occc1C(=O)OCC(=O)c1cc(C)n(-c2cccc(C(F)(F)F)c2)c1C. The van der Waals surface area contributed by atoms with Gasteiger partial charge in [-0.1, -0.05) is 6.07 Å². The highest BCUT2D eigenvalue weighted by molar-refractivity contribution is 6.00. The number of carbonyl (C=O) groups is 2. The normalized spacial score (nSPS) is 11.5. The highest BCUT2D eigenvalue weighted by atomic mass is 19.4. The first-order chi connectivity index (χ1) is 13.6. The van der Waals surface area contributed by atoms with E-state index in [1.54, 1.807) is 31.4 Å². The lowest BCUT2D eigenvalue weighted by molar-refractivity contribution is -0.137. The number of rotatable bonds is 5. The van der Waals surface area contributed by atoms with E-state index in [0.717, 1.165) is 12.1 Å². The number of ketones is 1. The van der Waals surface area contributed by atoms with E-state index in [1.807, 2.05) is 0 Å². The Labute approximate surface area is 164 Å². The zero-order valence-corrected chi connectivity index (χ0v) is 16.0.